The largest absolute Gasteiger partial charge is 0.424 e. The Morgan fingerprint density at radius 2 is 1.93 bits per heavy atom. The van der Waals surface area contributed by atoms with E-state index in [1.165, 1.54) is 10.8 Å². The summed E-state index contributed by atoms with van der Waals surface area (Å²) in [5.74, 6) is -0.402. The smallest absolute Gasteiger partial charge is 0.374 e. The first-order chi connectivity index (χ1) is 13.5. The van der Waals surface area contributed by atoms with E-state index in [0.717, 1.165) is 51.0 Å². The van der Waals surface area contributed by atoms with Crippen LogP contribution < -0.4 is 0 Å². The van der Waals surface area contributed by atoms with Crippen LogP contribution in [0.25, 0.3) is 11.4 Å². The first kappa shape index (κ1) is 18.8. The molecule has 3 aliphatic rings. The minimum Gasteiger partial charge on any atom is -0.374 e. The second-order valence-electron chi connectivity index (χ2n) is 9.29. The molecule has 2 saturated carbocycles. The molecule has 1 aliphatic heterocycles. The van der Waals surface area contributed by atoms with E-state index in [1.54, 1.807) is 6.92 Å². The number of aliphatic hydroxyl groups is 1. The molecule has 5 rings (SSSR count). The Balaban J connectivity index is 1.59. The molecule has 3 heterocycles. The fourth-order valence-corrected chi connectivity index (χ4v) is 5.60. The number of carbonyl (C=O) groups excluding carboxylic acids is 1. The minimum absolute atomic E-state index is 0.125. The molecular formula is C20H23F3N4O2. The quantitative estimate of drug-likeness (QED) is 0.789. The summed E-state index contributed by atoms with van der Waals surface area (Å²) in [5, 5.41) is 15.0. The lowest BCUT2D eigenvalue weighted by molar-refractivity contribution is -0.262. The number of carbonyl (C=O) groups is 1. The summed E-state index contributed by atoms with van der Waals surface area (Å²) in [7, 11) is 0. The minimum atomic E-state index is -4.83. The van der Waals surface area contributed by atoms with Gasteiger partial charge in [0.1, 0.15) is 6.29 Å². The molecule has 2 aromatic rings. The van der Waals surface area contributed by atoms with Gasteiger partial charge in [0.05, 0.1) is 35.9 Å². The highest BCUT2D eigenvalue weighted by molar-refractivity contribution is 5.63. The average molecular weight is 408 g/mol. The van der Waals surface area contributed by atoms with E-state index in [9.17, 15) is 23.1 Å². The molecule has 9 heteroatoms. The van der Waals surface area contributed by atoms with Crippen LogP contribution in [0, 0.1) is 5.41 Å². The molecule has 2 bridgehead atoms. The Kier molecular flexibility index (Phi) is 3.57. The maximum absolute atomic E-state index is 13.4. The fraction of sp³-hybridized carbons (Fsp3) is 0.650. The Labute approximate surface area is 165 Å². The average Bonchev–Trinajstić information content (AvgIpc) is 3.41. The molecule has 0 aromatic carbocycles. The van der Waals surface area contributed by atoms with Crippen molar-refractivity contribution in [3.63, 3.8) is 0 Å². The monoisotopic (exact) mass is 408 g/mol. The van der Waals surface area contributed by atoms with Crippen LogP contribution in [0.15, 0.2) is 12.3 Å². The Morgan fingerprint density at radius 1 is 1.24 bits per heavy atom. The summed E-state index contributed by atoms with van der Waals surface area (Å²) >= 11 is 0. The molecule has 0 radical (unpaired) electrons. The van der Waals surface area contributed by atoms with Crippen LogP contribution in [0.1, 0.15) is 63.5 Å². The predicted molar refractivity (Wildman–Crippen MR) is 97.0 cm³/mol. The summed E-state index contributed by atoms with van der Waals surface area (Å²) < 4.78 is 43.6. The Hall–Kier alpha value is -2.16. The van der Waals surface area contributed by atoms with E-state index in [1.807, 2.05) is 10.7 Å². The summed E-state index contributed by atoms with van der Waals surface area (Å²) in [5.41, 5.74) is -1.25. The van der Waals surface area contributed by atoms with Crippen LogP contribution in [0.4, 0.5) is 13.2 Å². The van der Waals surface area contributed by atoms with Crippen LogP contribution in [0.2, 0.25) is 0 Å². The summed E-state index contributed by atoms with van der Waals surface area (Å²) in [6, 6.07) is 1.60. The number of aldehydes is 1. The second kappa shape index (κ2) is 5.50. The standard InChI is InChI=1S/C20H23F3N4O2/c1-12-9-26-13(14-8-24-16(27(12)14)17(2,29)20(21,22)23)7-15(25-26)19-5-3-18(10-19,11-28)4-6-19/h7-8,11-12,29H,3-6,9-10H2,1-2H3/t12-,17+,18?,19?/m0/s1. The molecule has 29 heavy (non-hydrogen) atoms. The van der Waals surface area contributed by atoms with E-state index in [2.05, 4.69) is 4.98 Å². The molecular weight excluding hydrogens is 385 g/mol. The van der Waals surface area contributed by atoms with Gasteiger partial charge in [0.2, 0.25) is 5.60 Å². The van der Waals surface area contributed by atoms with Crippen molar-refractivity contribution in [2.75, 3.05) is 0 Å². The summed E-state index contributed by atoms with van der Waals surface area (Å²) in [6.45, 7) is 2.93. The number of alkyl halides is 3. The third-order valence-corrected chi connectivity index (χ3v) is 7.39. The van der Waals surface area contributed by atoms with E-state index < -0.39 is 17.6 Å². The van der Waals surface area contributed by atoms with E-state index in [4.69, 9.17) is 5.10 Å². The molecule has 2 fully saturated rings. The number of fused-ring (bicyclic) bond motifs is 5. The number of halogens is 3. The fourth-order valence-electron chi connectivity index (χ4n) is 5.60. The Morgan fingerprint density at radius 3 is 2.52 bits per heavy atom. The highest BCUT2D eigenvalue weighted by atomic mass is 19.4. The topological polar surface area (TPSA) is 72.9 Å². The Bertz CT molecular complexity index is 996. The van der Waals surface area contributed by atoms with Crippen molar-refractivity contribution in [3.8, 4) is 11.4 Å². The zero-order chi connectivity index (χ0) is 20.8. The molecule has 2 atom stereocenters. The maximum Gasteiger partial charge on any atom is 0.424 e. The zero-order valence-corrected chi connectivity index (χ0v) is 16.3. The highest BCUT2D eigenvalue weighted by Crippen LogP contribution is 2.61. The zero-order valence-electron chi connectivity index (χ0n) is 16.3. The van der Waals surface area contributed by atoms with Crippen molar-refractivity contribution in [2.45, 2.75) is 75.7 Å². The number of hydrogen-bond donors (Lipinski definition) is 1. The molecule has 0 amide bonds. The van der Waals surface area contributed by atoms with Crippen molar-refractivity contribution >= 4 is 6.29 Å². The van der Waals surface area contributed by atoms with Gasteiger partial charge in [0.25, 0.3) is 0 Å². The van der Waals surface area contributed by atoms with Gasteiger partial charge < -0.3 is 14.5 Å². The van der Waals surface area contributed by atoms with Crippen LogP contribution in [0.3, 0.4) is 0 Å². The molecule has 156 valence electrons. The lowest BCUT2D eigenvalue weighted by Crippen LogP contribution is -2.42. The second-order valence-corrected chi connectivity index (χ2v) is 9.29. The van der Waals surface area contributed by atoms with Crippen molar-refractivity contribution in [2.24, 2.45) is 5.41 Å². The molecule has 2 aliphatic carbocycles. The van der Waals surface area contributed by atoms with Crippen molar-refractivity contribution in [1.82, 2.24) is 19.3 Å². The van der Waals surface area contributed by atoms with Gasteiger partial charge in [0.15, 0.2) is 5.82 Å². The maximum atomic E-state index is 13.4. The van der Waals surface area contributed by atoms with Crippen LogP contribution in [0.5, 0.6) is 0 Å². The number of hydrogen-bond acceptors (Lipinski definition) is 4. The van der Waals surface area contributed by atoms with Gasteiger partial charge in [-0.1, -0.05) is 0 Å². The van der Waals surface area contributed by atoms with Gasteiger partial charge in [-0.2, -0.15) is 18.3 Å². The number of rotatable bonds is 3. The SMILES string of the molecule is C[C@H]1Cn2nc(C34CCC(C=O)(CC3)C4)cc2-c2cnc([C@@](C)(O)C(F)(F)F)n21. The van der Waals surface area contributed by atoms with Crippen LogP contribution in [-0.4, -0.2) is 36.9 Å². The van der Waals surface area contributed by atoms with Crippen LogP contribution >= 0.6 is 0 Å². The van der Waals surface area contributed by atoms with E-state index >= 15 is 0 Å². The third-order valence-electron chi connectivity index (χ3n) is 7.39. The van der Waals surface area contributed by atoms with Gasteiger partial charge in [-0.25, -0.2) is 4.98 Å². The number of aromatic nitrogens is 4. The molecule has 0 saturated heterocycles. The van der Waals surface area contributed by atoms with E-state index in [0.29, 0.717) is 17.9 Å². The third kappa shape index (κ3) is 2.36. The first-order valence-electron chi connectivity index (χ1n) is 9.94. The lowest BCUT2D eigenvalue weighted by Gasteiger charge is -2.31. The molecule has 6 nitrogen and oxygen atoms in total. The lowest BCUT2D eigenvalue weighted by atomic mass is 9.80. The van der Waals surface area contributed by atoms with Crippen LogP contribution in [-0.2, 0) is 22.4 Å². The number of nitrogens with zero attached hydrogens (tertiary/aromatic N) is 4. The van der Waals surface area contributed by atoms with Crippen molar-refractivity contribution in [3.05, 3.63) is 23.8 Å². The van der Waals surface area contributed by atoms with Crippen molar-refractivity contribution < 1.29 is 23.1 Å². The molecule has 1 N–H and O–H groups in total. The molecule has 0 unspecified atom stereocenters. The summed E-state index contributed by atoms with van der Waals surface area (Å²) in [6.07, 6.45) is 2.00. The van der Waals surface area contributed by atoms with Crippen molar-refractivity contribution in [1.29, 1.82) is 0 Å². The normalized spacial score (nSPS) is 32.7. The van der Waals surface area contributed by atoms with Gasteiger partial charge >= 0.3 is 6.18 Å². The van der Waals surface area contributed by atoms with Gasteiger partial charge in [0, 0.05) is 10.8 Å². The number of imidazole rings is 1. The highest BCUT2D eigenvalue weighted by Gasteiger charge is 2.57. The first-order valence-corrected chi connectivity index (χ1v) is 9.94. The van der Waals surface area contributed by atoms with Gasteiger partial charge in [-0.15, -0.1) is 0 Å². The predicted octanol–water partition coefficient (Wildman–Crippen LogP) is 3.49. The molecule has 2 aromatic heterocycles. The van der Waals surface area contributed by atoms with Gasteiger partial charge in [-0.3, -0.25) is 4.68 Å². The van der Waals surface area contributed by atoms with E-state index in [-0.39, 0.29) is 16.9 Å². The van der Waals surface area contributed by atoms with Gasteiger partial charge in [-0.05, 0) is 52.0 Å². The molecule has 0 spiro atoms. The summed E-state index contributed by atoms with van der Waals surface area (Å²) in [4.78, 5) is 15.6.